The molecular weight excluding hydrogens is 617 g/mol. The van der Waals surface area contributed by atoms with E-state index in [1.807, 2.05) is 56.7 Å². The van der Waals surface area contributed by atoms with Crippen LogP contribution in [0.3, 0.4) is 0 Å². The minimum atomic E-state index is 1.15. The van der Waals surface area contributed by atoms with Crippen LogP contribution in [0.1, 0.15) is 38.2 Å². The first-order valence-electron chi connectivity index (χ1n) is 14.9. The van der Waals surface area contributed by atoms with E-state index in [-0.39, 0.29) is 0 Å². The van der Waals surface area contributed by atoms with E-state index in [1.165, 1.54) is 91.1 Å². The van der Waals surface area contributed by atoms with Crippen LogP contribution in [0, 0.1) is 0 Å². The van der Waals surface area contributed by atoms with Crippen LogP contribution in [0.25, 0.3) is 59.9 Å². The van der Waals surface area contributed by atoms with Crippen molar-refractivity contribution in [1.29, 1.82) is 0 Å². The number of hydrogen-bond acceptors (Lipinski definition) is 5. The molecule has 0 aliphatic rings. The Morgan fingerprint density at radius 3 is 1.37 bits per heavy atom. The zero-order valence-electron chi connectivity index (χ0n) is 24.0. The van der Waals surface area contributed by atoms with Crippen molar-refractivity contribution in [3.8, 4) is 59.9 Å². The normalized spacial score (nSPS) is 11.4. The Balaban J connectivity index is 1.16. The molecule has 7 rings (SSSR count). The van der Waals surface area contributed by atoms with E-state index in [4.69, 9.17) is 0 Å². The van der Waals surface area contributed by atoms with Crippen LogP contribution >= 0.6 is 56.7 Å². The zero-order valence-corrected chi connectivity index (χ0v) is 28.1. The summed E-state index contributed by atoms with van der Waals surface area (Å²) in [7, 11) is 0. The van der Waals surface area contributed by atoms with Crippen LogP contribution in [0.5, 0.6) is 0 Å². The molecule has 214 valence electrons. The predicted octanol–water partition coefficient (Wildman–Crippen LogP) is 14.1. The first-order chi connectivity index (χ1) is 21.2. The second kappa shape index (κ2) is 13.3. The molecule has 0 N–H and O–H groups in total. The molecule has 0 bridgehead atoms. The highest BCUT2D eigenvalue weighted by atomic mass is 32.1. The fourth-order valence-corrected chi connectivity index (χ4v) is 11.0. The molecule has 43 heavy (non-hydrogen) atoms. The number of benzene rings is 2. The average Bonchev–Trinajstić information content (AvgIpc) is 3.89. The number of thiophene rings is 5. The lowest BCUT2D eigenvalue weighted by atomic mass is 10.1. The molecule has 0 fully saturated rings. The number of aryl methyl sites for hydroxylation is 1. The molecule has 7 aromatic rings. The predicted molar refractivity (Wildman–Crippen MR) is 196 cm³/mol. The van der Waals surface area contributed by atoms with Gasteiger partial charge in [0.2, 0.25) is 0 Å². The number of rotatable bonds is 11. The average molecular weight is 649 g/mol. The maximum atomic E-state index is 2.49. The van der Waals surface area contributed by atoms with Gasteiger partial charge in [-0.15, -0.1) is 56.7 Å². The van der Waals surface area contributed by atoms with Crippen LogP contribution in [-0.2, 0) is 6.42 Å². The second-order valence-electron chi connectivity index (χ2n) is 10.7. The Kier molecular flexibility index (Phi) is 8.87. The second-order valence-corrected chi connectivity index (χ2v) is 16.1. The molecule has 0 atom stereocenters. The fourth-order valence-electron chi connectivity index (χ4n) is 5.34. The molecule has 5 heterocycles. The maximum Gasteiger partial charge on any atom is 0.0481 e. The van der Waals surface area contributed by atoms with E-state index in [9.17, 15) is 0 Å². The van der Waals surface area contributed by atoms with E-state index in [2.05, 4.69) is 122 Å². The lowest BCUT2D eigenvalue weighted by molar-refractivity contribution is 0.668. The van der Waals surface area contributed by atoms with Gasteiger partial charge < -0.3 is 0 Å². The Morgan fingerprint density at radius 2 is 0.837 bits per heavy atom. The van der Waals surface area contributed by atoms with Gasteiger partial charge in [0.15, 0.2) is 0 Å². The molecule has 2 aromatic carbocycles. The topological polar surface area (TPSA) is 0 Å². The lowest BCUT2D eigenvalue weighted by Gasteiger charge is -2.02. The van der Waals surface area contributed by atoms with Crippen molar-refractivity contribution >= 4 is 56.7 Å². The molecule has 0 saturated carbocycles. The summed E-state index contributed by atoms with van der Waals surface area (Å²) in [6, 6.07) is 42.3. The SMILES string of the molecule is CCCCCCc1cc(-c2ccc(-c3ccc(-c4ccccc4)s3)s2)sc1-c1ccc(-c2ccc(-c3ccccc3)s2)s1. The molecule has 0 radical (unpaired) electrons. The minimum Gasteiger partial charge on any atom is -0.134 e. The Bertz CT molecular complexity index is 1910. The third-order valence-corrected chi connectivity index (χ3v) is 14.0. The lowest BCUT2D eigenvalue weighted by Crippen LogP contribution is -1.85. The third kappa shape index (κ3) is 6.43. The molecule has 0 amide bonds. The van der Waals surface area contributed by atoms with Crippen LogP contribution in [0.15, 0.2) is 115 Å². The van der Waals surface area contributed by atoms with E-state index >= 15 is 0 Å². The summed E-state index contributed by atoms with van der Waals surface area (Å²) in [5.74, 6) is 0. The molecule has 5 heteroatoms. The molecule has 5 aromatic heterocycles. The highest BCUT2D eigenvalue weighted by molar-refractivity contribution is 7.30. The van der Waals surface area contributed by atoms with Gasteiger partial charge in [-0.25, -0.2) is 0 Å². The van der Waals surface area contributed by atoms with Gasteiger partial charge in [0, 0.05) is 48.8 Å². The van der Waals surface area contributed by atoms with Crippen molar-refractivity contribution < 1.29 is 0 Å². The van der Waals surface area contributed by atoms with Crippen LogP contribution in [0.4, 0.5) is 0 Å². The van der Waals surface area contributed by atoms with Crippen LogP contribution < -0.4 is 0 Å². The number of hydrogen-bond donors (Lipinski definition) is 0. The monoisotopic (exact) mass is 648 g/mol. The molecule has 0 saturated heterocycles. The van der Waals surface area contributed by atoms with Gasteiger partial charge in [0.25, 0.3) is 0 Å². The summed E-state index contributed by atoms with van der Waals surface area (Å²) in [4.78, 5) is 13.7. The molecular formula is C38H32S5. The molecule has 0 aliphatic carbocycles. The largest absolute Gasteiger partial charge is 0.134 e. The third-order valence-electron chi connectivity index (χ3n) is 7.60. The molecule has 0 spiro atoms. The summed E-state index contributed by atoms with van der Waals surface area (Å²) in [5.41, 5.74) is 4.10. The smallest absolute Gasteiger partial charge is 0.0481 e. The maximum absolute atomic E-state index is 2.49. The standard InChI is InChI=1S/C38H32S5/c1-2-3-4-7-16-28-25-37(35-22-21-33(41-35)31-19-17-29(39-31)26-12-8-5-9-13-26)43-38(28)36-24-23-34(42-36)32-20-18-30(40-32)27-14-10-6-11-15-27/h5-6,8-15,17-25H,2-4,7,16H2,1H3. The molecule has 0 unspecified atom stereocenters. The van der Waals surface area contributed by atoms with E-state index in [0.29, 0.717) is 0 Å². The Morgan fingerprint density at radius 1 is 0.395 bits per heavy atom. The summed E-state index contributed by atoms with van der Waals surface area (Å²) in [6.07, 6.45) is 6.30. The van der Waals surface area contributed by atoms with Crippen molar-refractivity contribution in [3.63, 3.8) is 0 Å². The Hall–Kier alpha value is -3.06. The molecule has 0 aliphatic heterocycles. The molecule has 0 nitrogen and oxygen atoms in total. The zero-order chi connectivity index (χ0) is 29.0. The van der Waals surface area contributed by atoms with Crippen LogP contribution in [-0.4, -0.2) is 0 Å². The summed E-state index contributed by atoms with van der Waals surface area (Å²) in [6.45, 7) is 2.29. The van der Waals surface area contributed by atoms with Crippen molar-refractivity contribution in [3.05, 3.63) is 121 Å². The fraction of sp³-hybridized carbons (Fsp3) is 0.158. The first-order valence-corrected chi connectivity index (χ1v) is 19.0. The minimum absolute atomic E-state index is 1.15. The van der Waals surface area contributed by atoms with Gasteiger partial charge in [-0.05, 0) is 84.1 Å². The Labute approximate surface area is 274 Å². The van der Waals surface area contributed by atoms with Crippen LogP contribution in [0.2, 0.25) is 0 Å². The van der Waals surface area contributed by atoms with E-state index < -0.39 is 0 Å². The van der Waals surface area contributed by atoms with Gasteiger partial charge in [-0.2, -0.15) is 0 Å². The summed E-state index contributed by atoms with van der Waals surface area (Å²) in [5, 5.41) is 0. The van der Waals surface area contributed by atoms with Crippen molar-refractivity contribution in [2.45, 2.75) is 39.0 Å². The van der Waals surface area contributed by atoms with Gasteiger partial charge in [0.1, 0.15) is 0 Å². The summed E-state index contributed by atoms with van der Waals surface area (Å²) >= 11 is 9.62. The quantitative estimate of drug-likeness (QED) is 0.122. The summed E-state index contributed by atoms with van der Waals surface area (Å²) < 4.78 is 0. The van der Waals surface area contributed by atoms with Gasteiger partial charge in [0.05, 0.1) is 0 Å². The van der Waals surface area contributed by atoms with Crippen molar-refractivity contribution in [2.75, 3.05) is 0 Å². The first kappa shape index (κ1) is 28.7. The van der Waals surface area contributed by atoms with E-state index in [1.54, 1.807) is 0 Å². The van der Waals surface area contributed by atoms with Crippen molar-refractivity contribution in [2.24, 2.45) is 0 Å². The van der Waals surface area contributed by atoms with Gasteiger partial charge >= 0.3 is 0 Å². The van der Waals surface area contributed by atoms with Gasteiger partial charge in [-0.1, -0.05) is 86.8 Å². The van der Waals surface area contributed by atoms with Gasteiger partial charge in [-0.3, -0.25) is 0 Å². The van der Waals surface area contributed by atoms with Crippen molar-refractivity contribution in [1.82, 2.24) is 0 Å². The highest BCUT2D eigenvalue weighted by Crippen LogP contribution is 2.47. The van der Waals surface area contributed by atoms with E-state index in [0.717, 1.165) is 6.42 Å². The number of unbranched alkanes of at least 4 members (excludes halogenated alkanes) is 3. The highest BCUT2D eigenvalue weighted by Gasteiger charge is 2.17.